The molecule has 2 saturated heterocycles. The highest BCUT2D eigenvalue weighted by Gasteiger charge is 2.40. The number of carbonyl (C=O) groups is 1. The zero-order chi connectivity index (χ0) is 15.6. The minimum atomic E-state index is -0.796. The van der Waals surface area contributed by atoms with Gasteiger partial charge in [0.2, 0.25) is 0 Å². The van der Waals surface area contributed by atoms with E-state index in [0.29, 0.717) is 26.1 Å². The van der Waals surface area contributed by atoms with Crippen LogP contribution >= 0.6 is 0 Å². The summed E-state index contributed by atoms with van der Waals surface area (Å²) < 4.78 is 5.34. The predicted octanol–water partition coefficient (Wildman–Crippen LogP) is 0.904. The van der Waals surface area contributed by atoms with E-state index in [2.05, 4.69) is 4.90 Å². The van der Waals surface area contributed by atoms with Crippen molar-refractivity contribution in [3.63, 3.8) is 0 Å². The average Bonchev–Trinajstić information content (AvgIpc) is 2.90. The van der Waals surface area contributed by atoms with Gasteiger partial charge in [0.05, 0.1) is 25.4 Å². The molecule has 0 radical (unpaired) electrons. The minimum absolute atomic E-state index is 0.0241. The molecule has 0 bridgehead atoms. The van der Waals surface area contributed by atoms with Gasteiger partial charge in [-0.25, -0.2) is 0 Å². The number of β-amino-alcohol motifs (C(OH)–C–C–N with tert-alkyl or cyclic N) is 1. The number of rotatable bonds is 3. The maximum Gasteiger partial charge on any atom is 0.254 e. The van der Waals surface area contributed by atoms with E-state index in [1.807, 2.05) is 31.2 Å². The van der Waals surface area contributed by atoms with E-state index in [-0.39, 0.29) is 5.91 Å². The standard InChI is InChI=1S/C17H24N2O3/c1-14-4-2-3-5-15(14)16(20)19-7-6-17(21,13-19)12-18-8-10-22-11-9-18/h2-5,21H,6-13H2,1H3. The molecule has 2 fully saturated rings. The van der Waals surface area contributed by atoms with Crippen molar-refractivity contribution < 1.29 is 14.6 Å². The fourth-order valence-corrected chi connectivity index (χ4v) is 3.32. The van der Waals surface area contributed by atoms with Gasteiger partial charge < -0.3 is 14.7 Å². The Labute approximate surface area is 131 Å². The third kappa shape index (κ3) is 3.32. The lowest BCUT2D eigenvalue weighted by Crippen LogP contribution is -2.49. The zero-order valence-electron chi connectivity index (χ0n) is 13.1. The quantitative estimate of drug-likeness (QED) is 0.902. The Hall–Kier alpha value is -1.43. The Morgan fingerprint density at radius 2 is 2.00 bits per heavy atom. The first-order valence-corrected chi connectivity index (χ1v) is 7.95. The zero-order valence-corrected chi connectivity index (χ0v) is 13.1. The van der Waals surface area contributed by atoms with Gasteiger partial charge in [-0.1, -0.05) is 18.2 Å². The molecular weight excluding hydrogens is 280 g/mol. The second kappa shape index (κ2) is 6.36. The lowest BCUT2D eigenvalue weighted by Gasteiger charge is -2.33. The van der Waals surface area contributed by atoms with Crippen molar-refractivity contribution in [2.24, 2.45) is 0 Å². The molecule has 1 atom stereocenters. The second-order valence-corrected chi connectivity index (χ2v) is 6.40. The summed E-state index contributed by atoms with van der Waals surface area (Å²) in [7, 11) is 0. The molecule has 5 heteroatoms. The van der Waals surface area contributed by atoms with Gasteiger partial charge in [-0.15, -0.1) is 0 Å². The van der Waals surface area contributed by atoms with Gasteiger partial charge in [-0.3, -0.25) is 9.69 Å². The van der Waals surface area contributed by atoms with E-state index < -0.39 is 5.60 Å². The number of likely N-dealkylation sites (tertiary alicyclic amines) is 1. The molecule has 1 N–H and O–H groups in total. The molecule has 120 valence electrons. The van der Waals surface area contributed by atoms with Crippen molar-refractivity contribution in [3.05, 3.63) is 35.4 Å². The van der Waals surface area contributed by atoms with Crippen molar-refractivity contribution in [1.82, 2.24) is 9.80 Å². The van der Waals surface area contributed by atoms with E-state index in [9.17, 15) is 9.90 Å². The van der Waals surface area contributed by atoms with Crippen LogP contribution in [0.1, 0.15) is 22.3 Å². The van der Waals surface area contributed by atoms with Crippen LogP contribution in [0.3, 0.4) is 0 Å². The van der Waals surface area contributed by atoms with E-state index in [4.69, 9.17) is 4.74 Å². The summed E-state index contributed by atoms with van der Waals surface area (Å²) in [5.41, 5.74) is 0.921. The summed E-state index contributed by atoms with van der Waals surface area (Å²) in [5, 5.41) is 10.8. The first-order chi connectivity index (χ1) is 10.6. The van der Waals surface area contributed by atoms with Gasteiger partial charge in [0.1, 0.15) is 0 Å². The third-order valence-electron chi connectivity index (χ3n) is 4.62. The third-order valence-corrected chi connectivity index (χ3v) is 4.62. The maximum absolute atomic E-state index is 12.6. The van der Waals surface area contributed by atoms with Gasteiger partial charge >= 0.3 is 0 Å². The Morgan fingerprint density at radius 3 is 2.73 bits per heavy atom. The first kappa shape index (κ1) is 15.5. The van der Waals surface area contributed by atoms with Crippen LogP contribution in [0.2, 0.25) is 0 Å². The molecule has 22 heavy (non-hydrogen) atoms. The highest BCUT2D eigenvalue weighted by molar-refractivity contribution is 5.95. The van der Waals surface area contributed by atoms with E-state index in [1.54, 1.807) is 4.90 Å². The van der Waals surface area contributed by atoms with Crippen LogP contribution in [0, 0.1) is 6.92 Å². The highest BCUT2D eigenvalue weighted by Crippen LogP contribution is 2.25. The summed E-state index contributed by atoms with van der Waals surface area (Å²) in [6.07, 6.45) is 0.641. The molecule has 1 unspecified atom stereocenters. The van der Waals surface area contributed by atoms with E-state index in [0.717, 1.165) is 37.4 Å². The van der Waals surface area contributed by atoms with Gasteiger partial charge in [-0.2, -0.15) is 0 Å². The van der Waals surface area contributed by atoms with Crippen LogP contribution in [-0.4, -0.2) is 72.4 Å². The number of hydrogen-bond acceptors (Lipinski definition) is 4. The fraction of sp³-hybridized carbons (Fsp3) is 0.588. The molecule has 3 rings (SSSR count). The monoisotopic (exact) mass is 304 g/mol. The van der Waals surface area contributed by atoms with Crippen LogP contribution in [-0.2, 0) is 4.74 Å². The average molecular weight is 304 g/mol. The lowest BCUT2D eigenvalue weighted by molar-refractivity contribution is -0.0257. The molecule has 0 saturated carbocycles. The summed E-state index contributed by atoms with van der Waals surface area (Å²) in [6, 6.07) is 7.63. The molecule has 0 aromatic heterocycles. The van der Waals surface area contributed by atoms with Gasteiger partial charge in [0.15, 0.2) is 0 Å². The summed E-state index contributed by atoms with van der Waals surface area (Å²) in [5.74, 6) is 0.0241. The van der Waals surface area contributed by atoms with Crippen LogP contribution in [0.15, 0.2) is 24.3 Å². The van der Waals surface area contributed by atoms with E-state index in [1.165, 1.54) is 0 Å². The van der Waals surface area contributed by atoms with Crippen LogP contribution in [0.4, 0.5) is 0 Å². The van der Waals surface area contributed by atoms with Crippen molar-refractivity contribution in [2.45, 2.75) is 18.9 Å². The largest absolute Gasteiger partial charge is 0.387 e. The number of benzene rings is 1. The Kier molecular flexibility index (Phi) is 4.47. The topological polar surface area (TPSA) is 53.0 Å². The molecule has 2 heterocycles. The minimum Gasteiger partial charge on any atom is -0.387 e. The summed E-state index contributed by atoms with van der Waals surface area (Å²) in [4.78, 5) is 16.6. The molecule has 1 aromatic carbocycles. The second-order valence-electron chi connectivity index (χ2n) is 6.40. The molecule has 2 aliphatic heterocycles. The number of carbonyl (C=O) groups excluding carboxylic acids is 1. The van der Waals surface area contributed by atoms with Gasteiger partial charge in [0.25, 0.3) is 5.91 Å². The van der Waals surface area contributed by atoms with Gasteiger partial charge in [-0.05, 0) is 25.0 Å². The number of ether oxygens (including phenoxy) is 1. The number of amides is 1. The summed E-state index contributed by atoms with van der Waals surface area (Å²) in [6.45, 7) is 6.76. The Morgan fingerprint density at radius 1 is 1.27 bits per heavy atom. The number of aryl methyl sites for hydroxylation is 1. The first-order valence-electron chi connectivity index (χ1n) is 7.95. The normalized spacial score (nSPS) is 26.4. The van der Waals surface area contributed by atoms with Crippen LogP contribution < -0.4 is 0 Å². The van der Waals surface area contributed by atoms with Crippen molar-refractivity contribution in [1.29, 1.82) is 0 Å². The molecule has 5 nitrogen and oxygen atoms in total. The Bertz CT molecular complexity index is 542. The number of nitrogens with zero attached hydrogens (tertiary/aromatic N) is 2. The fourth-order valence-electron chi connectivity index (χ4n) is 3.32. The smallest absolute Gasteiger partial charge is 0.254 e. The molecule has 0 spiro atoms. The molecule has 2 aliphatic rings. The van der Waals surface area contributed by atoms with Crippen molar-refractivity contribution >= 4 is 5.91 Å². The van der Waals surface area contributed by atoms with Crippen molar-refractivity contribution in [3.8, 4) is 0 Å². The number of hydrogen-bond donors (Lipinski definition) is 1. The lowest BCUT2D eigenvalue weighted by atomic mass is 10.0. The van der Waals surface area contributed by atoms with Crippen LogP contribution in [0.25, 0.3) is 0 Å². The number of aliphatic hydroxyl groups is 1. The molecule has 0 aliphatic carbocycles. The van der Waals surface area contributed by atoms with Gasteiger partial charge in [0, 0.05) is 31.7 Å². The SMILES string of the molecule is Cc1ccccc1C(=O)N1CCC(O)(CN2CCOCC2)C1. The Balaban J connectivity index is 1.63. The number of morpholine rings is 1. The highest BCUT2D eigenvalue weighted by atomic mass is 16.5. The molecule has 1 amide bonds. The maximum atomic E-state index is 12.6. The van der Waals surface area contributed by atoms with Crippen molar-refractivity contribution in [2.75, 3.05) is 45.9 Å². The predicted molar refractivity (Wildman–Crippen MR) is 83.9 cm³/mol. The summed E-state index contributed by atoms with van der Waals surface area (Å²) >= 11 is 0. The van der Waals surface area contributed by atoms with Crippen LogP contribution in [0.5, 0.6) is 0 Å². The van der Waals surface area contributed by atoms with E-state index >= 15 is 0 Å². The molecule has 1 aromatic rings. The molecular formula is C17H24N2O3.